The van der Waals surface area contributed by atoms with Crippen LogP contribution in [0, 0.1) is 6.92 Å². The summed E-state index contributed by atoms with van der Waals surface area (Å²) in [6.07, 6.45) is 5.56. The minimum atomic E-state index is 0.0633. The summed E-state index contributed by atoms with van der Waals surface area (Å²) in [6, 6.07) is 8.17. The average molecular weight is 244 g/mol. The van der Waals surface area contributed by atoms with E-state index in [-0.39, 0.29) is 11.9 Å². The van der Waals surface area contributed by atoms with Gasteiger partial charge in [-0.15, -0.1) is 0 Å². The second-order valence-corrected chi connectivity index (χ2v) is 4.88. The normalized spacial score (nSPS) is 20.3. The lowest BCUT2D eigenvalue weighted by Crippen LogP contribution is -2.45. The Balaban J connectivity index is 2.01. The molecule has 0 spiro atoms. The molecule has 1 aromatic rings. The summed E-state index contributed by atoms with van der Waals surface area (Å²) in [4.78, 5) is 13.8. The quantitative estimate of drug-likeness (QED) is 0.808. The zero-order chi connectivity index (χ0) is 13.0. The van der Waals surface area contributed by atoms with E-state index in [1.807, 2.05) is 42.2 Å². The Morgan fingerprint density at radius 2 is 2.22 bits per heavy atom. The lowest BCUT2D eigenvalue weighted by atomic mass is 10.1. The van der Waals surface area contributed by atoms with Gasteiger partial charge >= 0.3 is 0 Å². The van der Waals surface area contributed by atoms with Crippen LogP contribution in [0.3, 0.4) is 0 Å². The smallest absolute Gasteiger partial charge is 0.246 e. The number of rotatable bonds is 2. The zero-order valence-corrected chi connectivity index (χ0v) is 10.8. The van der Waals surface area contributed by atoms with Gasteiger partial charge in [0.1, 0.15) is 0 Å². The van der Waals surface area contributed by atoms with Crippen molar-refractivity contribution in [3.8, 4) is 0 Å². The number of amides is 1. The predicted octanol–water partition coefficient (Wildman–Crippen LogP) is 1.96. The molecule has 1 aliphatic rings. The number of nitrogens with two attached hydrogens (primary N) is 1. The Bertz CT molecular complexity index is 454. The Morgan fingerprint density at radius 3 is 2.94 bits per heavy atom. The molecule has 1 aliphatic heterocycles. The maximum absolute atomic E-state index is 12.0. The molecule has 0 aromatic heterocycles. The Labute approximate surface area is 108 Å². The Kier molecular flexibility index (Phi) is 4.15. The van der Waals surface area contributed by atoms with Crippen molar-refractivity contribution in [2.45, 2.75) is 25.8 Å². The number of likely N-dealkylation sites (tertiary alicyclic amines) is 1. The molecule has 1 aromatic carbocycles. The van der Waals surface area contributed by atoms with Gasteiger partial charge in [-0.3, -0.25) is 4.79 Å². The molecular weight excluding hydrogens is 224 g/mol. The maximum Gasteiger partial charge on any atom is 0.246 e. The standard InChI is InChI=1S/C15H20N2O/c1-12-5-2-3-6-13(12)8-9-15(18)17-10-4-7-14(16)11-17/h2-3,5-6,8-9,14H,4,7,10-11,16H2,1H3/b9-8+. The van der Waals surface area contributed by atoms with E-state index in [4.69, 9.17) is 5.73 Å². The van der Waals surface area contributed by atoms with Crippen LogP contribution in [0.4, 0.5) is 0 Å². The highest BCUT2D eigenvalue weighted by atomic mass is 16.2. The van der Waals surface area contributed by atoms with Crippen molar-refractivity contribution in [1.29, 1.82) is 0 Å². The van der Waals surface area contributed by atoms with Gasteiger partial charge in [0.05, 0.1) is 0 Å². The Hall–Kier alpha value is -1.61. The SMILES string of the molecule is Cc1ccccc1/C=C/C(=O)N1CCCC(N)C1. The number of aryl methyl sites for hydroxylation is 1. The molecule has 0 radical (unpaired) electrons. The third kappa shape index (κ3) is 3.20. The van der Waals surface area contributed by atoms with Gasteiger partial charge in [0.2, 0.25) is 5.91 Å². The summed E-state index contributed by atoms with van der Waals surface area (Å²) in [5.41, 5.74) is 8.14. The highest BCUT2D eigenvalue weighted by Crippen LogP contribution is 2.11. The van der Waals surface area contributed by atoms with Gasteiger partial charge in [-0.1, -0.05) is 24.3 Å². The first-order chi connectivity index (χ1) is 8.66. The van der Waals surface area contributed by atoms with Crippen LogP contribution in [0.25, 0.3) is 6.08 Å². The monoisotopic (exact) mass is 244 g/mol. The van der Waals surface area contributed by atoms with E-state index in [1.54, 1.807) is 6.08 Å². The number of benzene rings is 1. The van der Waals surface area contributed by atoms with E-state index in [0.717, 1.165) is 24.9 Å². The molecule has 3 nitrogen and oxygen atoms in total. The van der Waals surface area contributed by atoms with E-state index < -0.39 is 0 Å². The number of piperidine rings is 1. The topological polar surface area (TPSA) is 46.3 Å². The van der Waals surface area contributed by atoms with Crippen LogP contribution in [0.15, 0.2) is 30.3 Å². The first kappa shape index (κ1) is 12.8. The molecule has 1 amide bonds. The number of nitrogens with zero attached hydrogens (tertiary/aromatic N) is 1. The summed E-state index contributed by atoms with van der Waals surface area (Å²) in [5.74, 6) is 0.0633. The van der Waals surface area contributed by atoms with Gasteiger partial charge in [0.25, 0.3) is 0 Å². The van der Waals surface area contributed by atoms with Crippen molar-refractivity contribution >= 4 is 12.0 Å². The zero-order valence-electron chi connectivity index (χ0n) is 10.8. The molecule has 1 saturated heterocycles. The third-order valence-electron chi connectivity index (χ3n) is 3.36. The van der Waals surface area contributed by atoms with Crippen molar-refractivity contribution in [3.63, 3.8) is 0 Å². The molecule has 1 heterocycles. The molecule has 0 aliphatic carbocycles. The highest BCUT2D eigenvalue weighted by Gasteiger charge is 2.19. The summed E-state index contributed by atoms with van der Waals surface area (Å²) in [7, 11) is 0. The number of carbonyl (C=O) groups excluding carboxylic acids is 1. The van der Waals surface area contributed by atoms with Gasteiger partial charge in [-0.25, -0.2) is 0 Å². The minimum Gasteiger partial charge on any atom is -0.338 e. The summed E-state index contributed by atoms with van der Waals surface area (Å²) >= 11 is 0. The van der Waals surface area contributed by atoms with Gasteiger partial charge in [-0.05, 0) is 37.0 Å². The molecule has 2 N–H and O–H groups in total. The molecular formula is C15H20N2O. The molecule has 18 heavy (non-hydrogen) atoms. The van der Waals surface area contributed by atoms with Crippen LogP contribution in [-0.2, 0) is 4.79 Å². The van der Waals surface area contributed by atoms with Gasteiger partial charge in [-0.2, -0.15) is 0 Å². The maximum atomic E-state index is 12.0. The number of hydrogen-bond donors (Lipinski definition) is 1. The first-order valence-corrected chi connectivity index (χ1v) is 6.45. The molecule has 2 rings (SSSR count). The average Bonchev–Trinajstić information content (AvgIpc) is 2.37. The van der Waals surface area contributed by atoms with Crippen LogP contribution in [0.5, 0.6) is 0 Å². The highest BCUT2D eigenvalue weighted by molar-refractivity contribution is 5.92. The largest absolute Gasteiger partial charge is 0.338 e. The van der Waals surface area contributed by atoms with E-state index in [0.29, 0.717) is 6.54 Å². The fraction of sp³-hybridized carbons (Fsp3) is 0.400. The van der Waals surface area contributed by atoms with E-state index in [9.17, 15) is 4.79 Å². The van der Waals surface area contributed by atoms with Crippen LogP contribution in [0.2, 0.25) is 0 Å². The minimum absolute atomic E-state index is 0.0633. The van der Waals surface area contributed by atoms with Gasteiger partial charge in [0.15, 0.2) is 0 Å². The fourth-order valence-electron chi connectivity index (χ4n) is 2.25. The fourth-order valence-corrected chi connectivity index (χ4v) is 2.25. The van der Waals surface area contributed by atoms with Crippen LogP contribution < -0.4 is 5.73 Å². The lowest BCUT2D eigenvalue weighted by molar-refractivity contribution is -0.127. The van der Waals surface area contributed by atoms with Crippen molar-refractivity contribution in [3.05, 3.63) is 41.5 Å². The van der Waals surface area contributed by atoms with Crippen molar-refractivity contribution in [2.24, 2.45) is 5.73 Å². The van der Waals surface area contributed by atoms with E-state index >= 15 is 0 Å². The van der Waals surface area contributed by atoms with Crippen molar-refractivity contribution in [1.82, 2.24) is 4.90 Å². The third-order valence-corrected chi connectivity index (χ3v) is 3.36. The van der Waals surface area contributed by atoms with E-state index in [1.165, 1.54) is 5.56 Å². The lowest BCUT2D eigenvalue weighted by Gasteiger charge is -2.29. The van der Waals surface area contributed by atoms with E-state index in [2.05, 4.69) is 0 Å². The van der Waals surface area contributed by atoms with Crippen LogP contribution in [0.1, 0.15) is 24.0 Å². The molecule has 1 fully saturated rings. The number of hydrogen-bond acceptors (Lipinski definition) is 2. The molecule has 0 saturated carbocycles. The van der Waals surface area contributed by atoms with Crippen molar-refractivity contribution in [2.75, 3.05) is 13.1 Å². The van der Waals surface area contributed by atoms with Crippen LogP contribution >= 0.6 is 0 Å². The molecule has 0 bridgehead atoms. The summed E-state index contributed by atoms with van der Waals surface area (Å²) in [6.45, 7) is 3.54. The Morgan fingerprint density at radius 1 is 1.44 bits per heavy atom. The molecule has 3 heteroatoms. The molecule has 1 atom stereocenters. The summed E-state index contributed by atoms with van der Waals surface area (Å²) < 4.78 is 0. The first-order valence-electron chi connectivity index (χ1n) is 6.45. The van der Waals surface area contributed by atoms with Crippen LogP contribution in [-0.4, -0.2) is 29.9 Å². The summed E-state index contributed by atoms with van der Waals surface area (Å²) in [5, 5.41) is 0. The predicted molar refractivity (Wildman–Crippen MR) is 74.0 cm³/mol. The van der Waals surface area contributed by atoms with Gasteiger partial charge < -0.3 is 10.6 Å². The molecule has 1 unspecified atom stereocenters. The second-order valence-electron chi connectivity index (χ2n) is 4.88. The van der Waals surface area contributed by atoms with Crippen molar-refractivity contribution < 1.29 is 4.79 Å². The van der Waals surface area contributed by atoms with Gasteiger partial charge in [0, 0.05) is 25.2 Å². The second kappa shape index (κ2) is 5.83. The number of carbonyl (C=O) groups is 1. The molecule has 96 valence electrons.